The molecular formula is C18H17N3O2. The van der Waals surface area contributed by atoms with Gasteiger partial charge in [-0.05, 0) is 29.8 Å². The summed E-state index contributed by atoms with van der Waals surface area (Å²) in [6, 6.07) is 16.5. The zero-order valence-electron chi connectivity index (χ0n) is 12.4. The molecule has 2 aromatic carbocycles. The Balaban J connectivity index is 1.60. The Morgan fingerprint density at radius 3 is 2.52 bits per heavy atom. The van der Waals surface area contributed by atoms with Gasteiger partial charge in [0.25, 0.3) is 0 Å². The van der Waals surface area contributed by atoms with E-state index < -0.39 is 6.10 Å². The average molecular weight is 307 g/mol. The average Bonchev–Trinajstić information content (AvgIpc) is 3.11. The normalized spacial score (nSPS) is 11.9. The summed E-state index contributed by atoms with van der Waals surface area (Å²) >= 11 is 0. The number of amides is 1. The summed E-state index contributed by atoms with van der Waals surface area (Å²) < 4.78 is 0. The van der Waals surface area contributed by atoms with Crippen LogP contribution < -0.4 is 5.32 Å². The fourth-order valence-corrected chi connectivity index (χ4v) is 2.32. The zero-order valence-corrected chi connectivity index (χ0v) is 12.4. The second kappa shape index (κ2) is 6.89. The van der Waals surface area contributed by atoms with E-state index >= 15 is 0 Å². The highest BCUT2D eigenvalue weighted by Crippen LogP contribution is 2.20. The van der Waals surface area contributed by atoms with E-state index in [9.17, 15) is 9.90 Å². The third-order valence-electron chi connectivity index (χ3n) is 3.50. The molecule has 116 valence electrons. The number of anilines is 1. The van der Waals surface area contributed by atoms with Gasteiger partial charge in [-0.2, -0.15) is 0 Å². The molecule has 3 N–H and O–H groups in total. The molecule has 1 unspecified atom stereocenters. The molecule has 0 bridgehead atoms. The van der Waals surface area contributed by atoms with Crippen LogP contribution in [0.3, 0.4) is 0 Å². The molecule has 0 radical (unpaired) electrons. The van der Waals surface area contributed by atoms with Gasteiger partial charge in [-0.15, -0.1) is 0 Å². The molecule has 23 heavy (non-hydrogen) atoms. The van der Waals surface area contributed by atoms with Gasteiger partial charge in [0, 0.05) is 23.6 Å². The van der Waals surface area contributed by atoms with E-state index in [0.717, 1.165) is 17.0 Å². The predicted molar refractivity (Wildman–Crippen MR) is 88.7 cm³/mol. The summed E-state index contributed by atoms with van der Waals surface area (Å²) in [5, 5.41) is 12.9. The third-order valence-corrected chi connectivity index (χ3v) is 3.50. The van der Waals surface area contributed by atoms with Crippen LogP contribution in [0.25, 0.3) is 11.4 Å². The molecule has 0 aliphatic carbocycles. The molecule has 1 atom stereocenters. The standard InChI is InChI=1S/C18H17N3O2/c22-16(13-4-2-1-3-5-13)12-17(23)21-15-8-6-14(7-9-15)18-19-10-11-20-18/h1-11,16,22H,12H2,(H,19,20)(H,21,23). The van der Waals surface area contributed by atoms with Gasteiger partial charge in [0.15, 0.2) is 0 Å². The van der Waals surface area contributed by atoms with Crippen molar-refractivity contribution in [2.75, 3.05) is 5.32 Å². The predicted octanol–water partition coefficient (Wildman–Crippen LogP) is 3.14. The Morgan fingerprint density at radius 1 is 1.13 bits per heavy atom. The quantitative estimate of drug-likeness (QED) is 0.677. The molecule has 0 aliphatic rings. The Labute approximate surface area is 134 Å². The molecule has 5 nitrogen and oxygen atoms in total. The molecule has 0 spiro atoms. The molecule has 0 fully saturated rings. The van der Waals surface area contributed by atoms with E-state index in [1.165, 1.54) is 0 Å². The highest BCUT2D eigenvalue weighted by atomic mass is 16.3. The number of hydrogen-bond donors (Lipinski definition) is 3. The molecule has 3 rings (SSSR count). The third kappa shape index (κ3) is 3.84. The lowest BCUT2D eigenvalue weighted by Crippen LogP contribution is -2.15. The van der Waals surface area contributed by atoms with Gasteiger partial charge in [-0.3, -0.25) is 4.79 Å². The van der Waals surface area contributed by atoms with E-state index in [0.29, 0.717) is 5.69 Å². The summed E-state index contributed by atoms with van der Waals surface area (Å²) in [4.78, 5) is 19.2. The topological polar surface area (TPSA) is 78.0 Å². The molecule has 1 aromatic heterocycles. The number of carbonyl (C=O) groups is 1. The fourth-order valence-electron chi connectivity index (χ4n) is 2.32. The smallest absolute Gasteiger partial charge is 0.227 e. The Kier molecular flexibility index (Phi) is 4.49. The number of rotatable bonds is 5. The summed E-state index contributed by atoms with van der Waals surface area (Å²) in [5.41, 5.74) is 2.36. The largest absolute Gasteiger partial charge is 0.388 e. The first-order chi connectivity index (χ1) is 11.2. The molecule has 5 heteroatoms. The second-order valence-corrected chi connectivity index (χ2v) is 5.19. The molecule has 3 aromatic rings. The molecule has 0 saturated heterocycles. The van der Waals surface area contributed by atoms with E-state index in [1.807, 2.05) is 42.5 Å². The van der Waals surface area contributed by atoms with Crippen molar-refractivity contribution in [1.82, 2.24) is 9.97 Å². The lowest BCUT2D eigenvalue weighted by Gasteiger charge is -2.11. The van der Waals surface area contributed by atoms with Crippen molar-refractivity contribution in [3.05, 3.63) is 72.6 Å². The van der Waals surface area contributed by atoms with Crippen molar-refractivity contribution >= 4 is 11.6 Å². The lowest BCUT2D eigenvalue weighted by molar-refractivity contribution is -0.118. The maximum atomic E-state index is 12.0. The van der Waals surface area contributed by atoms with Gasteiger partial charge in [-0.1, -0.05) is 30.3 Å². The van der Waals surface area contributed by atoms with Gasteiger partial charge < -0.3 is 15.4 Å². The number of nitrogens with zero attached hydrogens (tertiary/aromatic N) is 1. The zero-order chi connectivity index (χ0) is 16.1. The molecule has 0 saturated carbocycles. The first kappa shape index (κ1) is 15.0. The second-order valence-electron chi connectivity index (χ2n) is 5.19. The summed E-state index contributed by atoms with van der Waals surface area (Å²) in [7, 11) is 0. The summed E-state index contributed by atoms with van der Waals surface area (Å²) in [5.74, 6) is 0.550. The minimum absolute atomic E-state index is 0.0178. The number of hydrogen-bond acceptors (Lipinski definition) is 3. The van der Waals surface area contributed by atoms with E-state index in [1.54, 1.807) is 24.5 Å². The van der Waals surface area contributed by atoms with Gasteiger partial charge >= 0.3 is 0 Å². The Hall–Kier alpha value is -2.92. The lowest BCUT2D eigenvalue weighted by atomic mass is 10.1. The number of H-pyrrole nitrogens is 1. The van der Waals surface area contributed by atoms with Gasteiger partial charge in [-0.25, -0.2) is 4.98 Å². The number of imidazole rings is 1. The first-order valence-electron chi connectivity index (χ1n) is 7.35. The number of aliphatic hydroxyl groups is 1. The van der Waals surface area contributed by atoms with E-state index in [2.05, 4.69) is 15.3 Å². The van der Waals surface area contributed by atoms with Crippen molar-refractivity contribution < 1.29 is 9.90 Å². The SMILES string of the molecule is O=C(CC(O)c1ccccc1)Nc1ccc(-c2ncc[nH]2)cc1. The monoisotopic (exact) mass is 307 g/mol. The highest BCUT2D eigenvalue weighted by Gasteiger charge is 2.12. The summed E-state index contributed by atoms with van der Waals surface area (Å²) in [6.45, 7) is 0. The van der Waals surface area contributed by atoms with Crippen LogP contribution in [0.4, 0.5) is 5.69 Å². The number of aromatic nitrogens is 2. The Bertz CT molecular complexity index is 753. The van der Waals surface area contributed by atoms with Gasteiger partial charge in [0.2, 0.25) is 5.91 Å². The maximum absolute atomic E-state index is 12.0. The van der Waals surface area contributed by atoms with Crippen LogP contribution in [0.2, 0.25) is 0 Å². The van der Waals surface area contributed by atoms with Crippen LogP contribution in [-0.4, -0.2) is 21.0 Å². The van der Waals surface area contributed by atoms with Crippen molar-refractivity contribution in [2.45, 2.75) is 12.5 Å². The molecule has 1 heterocycles. The van der Waals surface area contributed by atoms with Crippen LogP contribution in [-0.2, 0) is 4.79 Å². The number of carbonyl (C=O) groups excluding carboxylic acids is 1. The van der Waals surface area contributed by atoms with Gasteiger partial charge in [0.1, 0.15) is 5.82 Å². The fraction of sp³-hybridized carbons (Fsp3) is 0.111. The minimum Gasteiger partial charge on any atom is -0.388 e. The minimum atomic E-state index is -0.807. The number of benzene rings is 2. The first-order valence-corrected chi connectivity index (χ1v) is 7.35. The van der Waals surface area contributed by atoms with Crippen molar-refractivity contribution in [2.24, 2.45) is 0 Å². The summed E-state index contributed by atoms with van der Waals surface area (Å²) in [6.07, 6.45) is 2.66. The van der Waals surface area contributed by atoms with E-state index in [4.69, 9.17) is 0 Å². The van der Waals surface area contributed by atoms with E-state index in [-0.39, 0.29) is 12.3 Å². The molecule has 1 amide bonds. The van der Waals surface area contributed by atoms with Crippen LogP contribution in [0.1, 0.15) is 18.1 Å². The molecular weight excluding hydrogens is 290 g/mol. The van der Waals surface area contributed by atoms with Crippen LogP contribution >= 0.6 is 0 Å². The number of aromatic amines is 1. The van der Waals surface area contributed by atoms with Crippen LogP contribution in [0, 0.1) is 0 Å². The number of aliphatic hydroxyl groups excluding tert-OH is 1. The van der Waals surface area contributed by atoms with Crippen molar-refractivity contribution in [3.8, 4) is 11.4 Å². The Morgan fingerprint density at radius 2 is 1.87 bits per heavy atom. The van der Waals surface area contributed by atoms with Crippen molar-refractivity contribution in [1.29, 1.82) is 0 Å². The van der Waals surface area contributed by atoms with Gasteiger partial charge in [0.05, 0.1) is 12.5 Å². The van der Waals surface area contributed by atoms with Crippen LogP contribution in [0.5, 0.6) is 0 Å². The maximum Gasteiger partial charge on any atom is 0.227 e. The number of nitrogens with one attached hydrogen (secondary N) is 2. The van der Waals surface area contributed by atoms with Crippen molar-refractivity contribution in [3.63, 3.8) is 0 Å². The highest BCUT2D eigenvalue weighted by molar-refractivity contribution is 5.91. The van der Waals surface area contributed by atoms with Crippen LogP contribution in [0.15, 0.2) is 67.0 Å². The molecule has 0 aliphatic heterocycles.